The molecule has 7 heteroatoms. The maximum Gasteiger partial charge on any atom is 0.214 e. The molecule has 0 aliphatic heterocycles. The summed E-state index contributed by atoms with van der Waals surface area (Å²) in [5, 5.41) is 8.38. The summed E-state index contributed by atoms with van der Waals surface area (Å²) < 4.78 is 20.8. The van der Waals surface area contributed by atoms with E-state index in [0.717, 1.165) is 10.9 Å². The molecule has 1 aromatic carbocycles. The second-order valence-corrected chi connectivity index (χ2v) is 5.71. The Morgan fingerprint density at radius 3 is 2.81 bits per heavy atom. The summed E-state index contributed by atoms with van der Waals surface area (Å²) in [6, 6.07) is 14.0. The summed E-state index contributed by atoms with van der Waals surface area (Å²) >= 11 is 0. The molecule has 0 spiro atoms. The number of halogens is 1. The molecule has 1 N–H and O–H groups in total. The normalized spacial score (nSPS) is 10.8. The van der Waals surface area contributed by atoms with Crippen LogP contribution in [-0.4, -0.2) is 26.9 Å². The van der Waals surface area contributed by atoms with E-state index in [0.29, 0.717) is 29.6 Å². The zero-order chi connectivity index (χ0) is 17.9. The van der Waals surface area contributed by atoms with Gasteiger partial charge in [-0.25, -0.2) is 9.37 Å². The molecule has 3 aromatic heterocycles. The first-order chi connectivity index (χ1) is 12.7. The third-order valence-electron chi connectivity index (χ3n) is 3.99. The van der Waals surface area contributed by atoms with Crippen LogP contribution in [0.15, 0.2) is 60.9 Å². The zero-order valence-corrected chi connectivity index (χ0v) is 14.1. The summed E-state index contributed by atoms with van der Waals surface area (Å²) in [6.07, 6.45) is 3.44. The molecule has 0 bridgehead atoms. The van der Waals surface area contributed by atoms with Gasteiger partial charge in [0.25, 0.3) is 0 Å². The van der Waals surface area contributed by atoms with E-state index in [4.69, 9.17) is 4.74 Å². The SMILES string of the molecule is COc1cccc(Nc2cc3c(cn2)cnn3Cc2ccccc2F)n1. The van der Waals surface area contributed by atoms with Gasteiger partial charge in [-0.05, 0) is 12.1 Å². The third kappa shape index (κ3) is 3.19. The van der Waals surface area contributed by atoms with E-state index in [1.165, 1.54) is 6.07 Å². The molecule has 130 valence electrons. The van der Waals surface area contributed by atoms with Crippen LogP contribution in [0.25, 0.3) is 10.9 Å². The number of hydrogen-bond acceptors (Lipinski definition) is 5. The van der Waals surface area contributed by atoms with Crippen LogP contribution in [0.2, 0.25) is 0 Å². The summed E-state index contributed by atoms with van der Waals surface area (Å²) in [5.41, 5.74) is 1.44. The molecule has 0 fully saturated rings. The lowest BCUT2D eigenvalue weighted by Crippen LogP contribution is -2.04. The second-order valence-electron chi connectivity index (χ2n) is 5.71. The number of benzene rings is 1. The highest BCUT2D eigenvalue weighted by Crippen LogP contribution is 2.21. The Morgan fingerprint density at radius 1 is 1.08 bits per heavy atom. The molecule has 0 atom stereocenters. The number of rotatable bonds is 5. The van der Waals surface area contributed by atoms with Gasteiger partial charge in [0.15, 0.2) is 0 Å². The van der Waals surface area contributed by atoms with Gasteiger partial charge in [0.05, 0.1) is 25.4 Å². The van der Waals surface area contributed by atoms with Crippen molar-refractivity contribution in [3.63, 3.8) is 0 Å². The number of fused-ring (bicyclic) bond motifs is 1. The van der Waals surface area contributed by atoms with Crippen molar-refractivity contribution in [2.24, 2.45) is 0 Å². The van der Waals surface area contributed by atoms with E-state index in [2.05, 4.69) is 20.4 Å². The van der Waals surface area contributed by atoms with E-state index >= 15 is 0 Å². The van der Waals surface area contributed by atoms with Crippen LogP contribution in [0.4, 0.5) is 16.0 Å². The van der Waals surface area contributed by atoms with E-state index < -0.39 is 0 Å². The average molecular weight is 349 g/mol. The number of pyridine rings is 2. The highest BCUT2D eigenvalue weighted by molar-refractivity contribution is 5.81. The number of aromatic nitrogens is 4. The monoisotopic (exact) mass is 349 g/mol. The molecule has 0 radical (unpaired) electrons. The lowest BCUT2D eigenvalue weighted by atomic mass is 10.2. The number of ether oxygens (including phenoxy) is 1. The largest absolute Gasteiger partial charge is 0.481 e. The highest BCUT2D eigenvalue weighted by Gasteiger charge is 2.09. The first kappa shape index (κ1) is 16.0. The first-order valence-electron chi connectivity index (χ1n) is 8.06. The summed E-state index contributed by atoms with van der Waals surface area (Å²) in [4.78, 5) is 8.69. The Bertz CT molecular complexity index is 1060. The standard InChI is InChI=1S/C19H16FN5O/c1-26-19-8-4-7-17(24-19)23-18-9-16-14(10-21-18)11-22-25(16)12-13-5-2-3-6-15(13)20/h2-11H,12H2,1H3,(H,21,23,24). The number of hydrogen-bond donors (Lipinski definition) is 1. The van der Waals surface area contributed by atoms with Gasteiger partial charge in [-0.1, -0.05) is 24.3 Å². The summed E-state index contributed by atoms with van der Waals surface area (Å²) in [7, 11) is 1.57. The van der Waals surface area contributed by atoms with Crippen LogP contribution in [-0.2, 0) is 6.54 Å². The topological polar surface area (TPSA) is 64.9 Å². The molecular weight excluding hydrogens is 333 g/mol. The van der Waals surface area contributed by atoms with Crippen molar-refractivity contribution < 1.29 is 9.13 Å². The first-order valence-corrected chi connectivity index (χ1v) is 8.06. The van der Waals surface area contributed by atoms with Crippen molar-refractivity contribution in [2.75, 3.05) is 12.4 Å². The Balaban J connectivity index is 1.65. The number of methoxy groups -OCH3 is 1. The van der Waals surface area contributed by atoms with Gasteiger partial charge in [0, 0.05) is 29.3 Å². The molecule has 0 aliphatic carbocycles. The molecule has 0 amide bonds. The van der Waals surface area contributed by atoms with Crippen LogP contribution in [0.3, 0.4) is 0 Å². The molecule has 0 aliphatic rings. The van der Waals surface area contributed by atoms with Crippen LogP contribution >= 0.6 is 0 Å². The average Bonchev–Trinajstić information content (AvgIpc) is 3.06. The fourth-order valence-electron chi connectivity index (χ4n) is 2.68. The van der Waals surface area contributed by atoms with Crippen molar-refractivity contribution in [3.8, 4) is 5.88 Å². The highest BCUT2D eigenvalue weighted by atomic mass is 19.1. The van der Waals surface area contributed by atoms with Gasteiger partial charge in [0.2, 0.25) is 5.88 Å². The molecule has 0 saturated heterocycles. The van der Waals surface area contributed by atoms with Gasteiger partial charge >= 0.3 is 0 Å². The minimum Gasteiger partial charge on any atom is -0.481 e. The zero-order valence-electron chi connectivity index (χ0n) is 14.1. The van der Waals surface area contributed by atoms with Gasteiger partial charge in [0.1, 0.15) is 17.5 Å². The van der Waals surface area contributed by atoms with Gasteiger partial charge in [-0.2, -0.15) is 10.1 Å². The Hall–Kier alpha value is -3.48. The summed E-state index contributed by atoms with van der Waals surface area (Å²) in [6.45, 7) is 0.344. The van der Waals surface area contributed by atoms with Crippen molar-refractivity contribution in [3.05, 3.63) is 72.3 Å². The number of nitrogens with zero attached hydrogens (tertiary/aromatic N) is 4. The molecule has 26 heavy (non-hydrogen) atoms. The predicted molar refractivity (Wildman–Crippen MR) is 97.1 cm³/mol. The maximum atomic E-state index is 13.9. The Labute approximate surface area is 149 Å². The summed E-state index contributed by atoms with van der Waals surface area (Å²) in [5.74, 6) is 1.51. The molecule has 0 saturated carbocycles. The van der Waals surface area contributed by atoms with Crippen LogP contribution in [0.1, 0.15) is 5.56 Å². The third-order valence-corrected chi connectivity index (χ3v) is 3.99. The minimum absolute atomic E-state index is 0.246. The predicted octanol–water partition coefficient (Wildman–Crippen LogP) is 3.77. The Morgan fingerprint density at radius 2 is 1.96 bits per heavy atom. The van der Waals surface area contributed by atoms with Gasteiger partial charge in [-0.3, -0.25) is 4.68 Å². The molecule has 4 aromatic rings. The maximum absolute atomic E-state index is 13.9. The quantitative estimate of drug-likeness (QED) is 0.594. The van der Waals surface area contributed by atoms with E-state index in [9.17, 15) is 4.39 Å². The van der Waals surface area contributed by atoms with Crippen LogP contribution < -0.4 is 10.1 Å². The molecule has 6 nitrogen and oxygen atoms in total. The van der Waals surface area contributed by atoms with E-state index in [-0.39, 0.29) is 5.82 Å². The van der Waals surface area contributed by atoms with Crippen molar-refractivity contribution >= 4 is 22.5 Å². The second kappa shape index (κ2) is 6.79. The van der Waals surface area contributed by atoms with Crippen LogP contribution in [0.5, 0.6) is 5.88 Å². The smallest absolute Gasteiger partial charge is 0.214 e. The van der Waals surface area contributed by atoms with Gasteiger partial charge in [-0.15, -0.1) is 0 Å². The van der Waals surface area contributed by atoms with Gasteiger partial charge < -0.3 is 10.1 Å². The Kier molecular flexibility index (Phi) is 4.18. The lowest BCUT2D eigenvalue weighted by Gasteiger charge is -2.08. The fraction of sp³-hybridized carbons (Fsp3) is 0.105. The van der Waals surface area contributed by atoms with Crippen molar-refractivity contribution in [1.82, 2.24) is 19.7 Å². The van der Waals surface area contributed by atoms with Crippen molar-refractivity contribution in [2.45, 2.75) is 6.54 Å². The molecule has 4 rings (SSSR count). The lowest BCUT2D eigenvalue weighted by molar-refractivity contribution is 0.398. The van der Waals surface area contributed by atoms with Crippen molar-refractivity contribution in [1.29, 1.82) is 0 Å². The van der Waals surface area contributed by atoms with E-state index in [1.807, 2.05) is 24.3 Å². The molecule has 3 heterocycles. The fourth-order valence-corrected chi connectivity index (χ4v) is 2.68. The number of nitrogens with one attached hydrogen (secondary N) is 1. The van der Waals surface area contributed by atoms with Crippen LogP contribution in [0, 0.1) is 5.82 Å². The minimum atomic E-state index is -0.246. The molecule has 0 unspecified atom stereocenters. The molecular formula is C19H16FN5O. The van der Waals surface area contributed by atoms with E-state index in [1.54, 1.807) is 42.4 Å². The number of anilines is 2.